The number of nitrogen functional groups attached to an aromatic ring is 2. The van der Waals surface area contributed by atoms with Crippen LogP contribution in [-0.2, 0) is 11.0 Å². The number of nitrogens with two attached hydrogens (primary N) is 2. The molecule has 0 bridgehead atoms. The number of aromatic nitrogens is 2. The Balaban J connectivity index is 1.89. The molecule has 6 nitrogen and oxygen atoms in total. The topological polar surface area (TPSA) is 107 Å². The Hall–Kier alpha value is -3.27. The SMILES string of the molecule is Nc1cc(N)nc(S[C@@H](C(=O)Nc2cccc(C(F)(F)F)c2)c2ccccc2)n1. The average Bonchev–Trinajstić information content (AvgIpc) is 2.65. The summed E-state index contributed by atoms with van der Waals surface area (Å²) in [6.45, 7) is 0. The first kappa shape index (κ1) is 20.5. The molecule has 29 heavy (non-hydrogen) atoms. The molecule has 1 amide bonds. The van der Waals surface area contributed by atoms with Crippen LogP contribution in [0.25, 0.3) is 0 Å². The lowest BCUT2D eigenvalue weighted by atomic mass is 10.1. The first-order chi connectivity index (χ1) is 13.7. The first-order valence-corrected chi connectivity index (χ1v) is 9.20. The highest BCUT2D eigenvalue weighted by Crippen LogP contribution is 2.36. The zero-order valence-corrected chi connectivity index (χ0v) is 15.7. The predicted molar refractivity (Wildman–Crippen MR) is 106 cm³/mol. The van der Waals surface area contributed by atoms with Crippen LogP contribution in [0.4, 0.5) is 30.5 Å². The van der Waals surface area contributed by atoms with Crippen molar-refractivity contribution in [3.63, 3.8) is 0 Å². The fourth-order valence-electron chi connectivity index (χ4n) is 2.50. The molecule has 0 aliphatic carbocycles. The summed E-state index contributed by atoms with van der Waals surface area (Å²) < 4.78 is 38.8. The van der Waals surface area contributed by atoms with Crippen molar-refractivity contribution in [2.24, 2.45) is 0 Å². The summed E-state index contributed by atoms with van der Waals surface area (Å²) in [6.07, 6.45) is -4.51. The number of carbonyl (C=O) groups is 1. The van der Waals surface area contributed by atoms with Crippen molar-refractivity contribution >= 4 is 35.0 Å². The van der Waals surface area contributed by atoms with Gasteiger partial charge in [0.1, 0.15) is 16.9 Å². The van der Waals surface area contributed by atoms with Gasteiger partial charge in [0.2, 0.25) is 5.91 Å². The van der Waals surface area contributed by atoms with Gasteiger partial charge in [-0.3, -0.25) is 4.79 Å². The van der Waals surface area contributed by atoms with Gasteiger partial charge in [-0.2, -0.15) is 13.2 Å². The van der Waals surface area contributed by atoms with Crippen LogP contribution in [-0.4, -0.2) is 15.9 Å². The lowest BCUT2D eigenvalue weighted by molar-refractivity contribution is -0.137. The van der Waals surface area contributed by atoms with Crippen LogP contribution in [0.3, 0.4) is 0 Å². The van der Waals surface area contributed by atoms with Crippen molar-refractivity contribution < 1.29 is 18.0 Å². The molecule has 150 valence electrons. The number of rotatable bonds is 5. The molecule has 3 rings (SSSR count). The minimum Gasteiger partial charge on any atom is -0.383 e. The van der Waals surface area contributed by atoms with Crippen LogP contribution >= 0.6 is 11.8 Å². The van der Waals surface area contributed by atoms with Crippen molar-refractivity contribution in [2.45, 2.75) is 16.6 Å². The summed E-state index contributed by atoms with van der Waals surface area (Å²) in [5, 5.41) is 1.86. The number of thioether (sulfide) groups is 1. The molecule has 10 heteroatoms. The predicted octanol–water partition coefficient (Wildman–Crippen LogP) is 4.13. The highest BCUT2D eigenvalue weighted by Gasteiger charge is 2.31. The Kier molecular flexibility index (Phi) is 5.92. The quantitative estimate of drug-likeness (QED) is 0.424. The van der Waals surface area contributed by atoms with Gasteiger partial charge in [-0.1, -0.05) is 48.2 Å². The van der Waals surface area contributed by atoms with Gasteiger partial charge in [-0.25, -0.2) is 9.97 Å². The molecule has 1 heterocycles. The van der Waals surface area contributed by atoms with Gasteiger partial charge < -0.3 is 16.8 Å². The van der Waals surface area contributed by atoms with Gasteiger partial charge in [0, 0.05) is 11.8 Å². The lowest BCUT2D eigenvalue weighted by Crippen LogP contribution is -2.20. The van der Waals surface area contributed by atoms with Crippen molar-refractivity contribution in [1.29, 1.82) is 0 Å². The van der Waals surface area contributed by atoms with Crippen LogP contribution in [0.5, 0.6) is 0 Å². The first-order valence-electron chi connectivity index (χ1n) is 8.32. The van der Waals surface area contributed by atoms with E-state index in [2.05, 4.69) is 15.3 Å². The molecule has 0 saturated heterocycles. The zero-order chi connectivity index (χ0) is 21.0. The Morgan fingerprint density at radius 2 is 1.62 bits per heavy atom. The maximum Gasteiger partial charge on any atom is 0.416 e. The largest absolute Gasteiger partial charge is 0.416 e. The van der Waals surface area contributed by atoms with Crippen molar-refractivity contribution in [2.75, 3.05) is 16.8 Å². The Morgan fingerprint density at radius 3 is 2.24 bits per heavy atom. The molecule has 0 radical (unpaired) electrons. The number of amides is 1. The molecule has 5 N–H and O–H groups in total. The van der Waals surface area contributed by atoms with E-state index in [0.29, 0.717) is 5.56 Å². The molecule has 0 spiro atoms. The van der Waals surface area contributed by atoms with Gasteiger partial charge in [-0.05, 0) is 23.8 Å². The number of hydrogen-bond acceptors (Lipinski definition) is 6. The van der Waals surface area contributed by atoms with Crippen LogP contribution in [0.1, 0.15) is 16.4 Å². The monoisotopic (exact) mass is 419 g/mol. The van der Waals surface area contributed by atoms with Gasteiger partial charge in [0.05, 0.1) is 5.56 Å². The Morgan fingerprint density at radius 1 is 0.966 bits per heavy atom. The number of carbonyl (C=O) groups excluding carboxylic acids is 1. The molecule has 0 aliphatic rings. The van der Waals surface area contributed by atoms with E-state index in [4.69, 9.17) is 11.5 Å². The van der Waals surface area contributed by atoms with Crippen molar-refractivity contribution in [1.82, 2.24) is 9.97 Å². The second-order valence-electron chi connectivity index (χ2n) is 5.98. The normalized spacial score (nSPS) is 12.4. The van der Waals surface area contributed by atoms with E-state index in [1.807, 2.05) is 0 Å². The summed E-state index contributed by atoms with van der Waals surface area (Å²) in [6, 6.07) is 14.5. The zero-order valence-electron chi connectivity index (χ0n) is 14.9. The number of halogens is 3. The van der Waals surface area contributed by atoms with E-state index in [1.165, 1.54) is 18.2 Å². The smallest absolute Gasteiger partial charge is 0.383 e. The molecular formula is C19H16F3N5OS. The maximum absolute atomic E-state index is 12.9. The van der Waals surface area contributed by atoms with Crippen LogP contribution < -0.4 is 16.8 Å². The lowest BCUT2D eigenvalue weighted by Gasteiger charge is -2.17. The van der Waals surface area contributed by atoms with E-state index in [-0.39, 0.29) is 22.5 Å². The molecule has 0 unspecified atom stereocenters. The van der Waals surface area contributed by atoms with Crippen molar-refractivity contribution in [3.05, 3.63) is 71.8 Å². The Bertz CT molecular complexity index is 994. The van der Waals surface area contributed by atoms with Gasteiger partial charge in [0.15, 0.2) is 5.16 Å². The minimum atomic E-state index is -4.51. The van der Waals surface area contributed by atoms with E-state index >= 15 is 0 Å². The molecule has 1 aromatic heterocycles. The highest BCUT2D eigenvalue weighted by molar-refractivity contribution is 8.00. The summed E-state index contributed by atoms with van der Waals surface area (Å²) in [4.78, 5) is 21.0. The number of anilines is 3. The van der Waals surface area contributed by atoms with Crippen LogP contribution in [0, 0.1) is 0 Å². The second kappa shape index (κ2) is 8.39. The van der Waals surface area contributed by atoms with Crippen LogP contribution in [0.15, 0.2) is 65.8 Å². The van der Waals surface area contributed by atoms with E-state index in [0.717, 1.165) is 23.9 Å². The summed E-state index contributed by atoms with van der Waals surface area (Å²) in [7, 11) is 0. The molecule has 0 aliphatic heterocycles. The standard InChI is InChI=1S/C19H16F3N5OS/c20-19(21,22)12-7-4-8-13(9-12)25-17(28)16(11-5-2-1-3-6-11)29-18-26-14(23)10-15(24)27-18/h1-10,16H,(H,25,28)(H4,23,24,26,27)/t16-/m1/s1. The molecule has 3 aromatic rings. The van der Waals surface area contributed by atoms with Gasteiger partial charge >= 0.3 is 6.18 Å². The van der Waals surface area contributed by atoms with E-state index in [9.17, 15) is 18.0 Å². The van der Waals surface area contributed by atoms with E-state index < -0.39 is 22.9 Å². The maximum atomic E-state index is 12.9. The minimum absolute atomic E-state index is 0.0272. The molecule has 0 fully saturated rings. The van der Waals surface area contributed by atoms with Gasteiger partial charge in [0.25, 0.3) is 0 Å². The number of benzene rings is 2. The fraction of sp³-hybridized carbons (Fsp3) is 0.105. The van der Waals surface area contributed by atoms with Crippen LogP contribution in [0.2, 0.25) is 0 Å². The molecular weight excluding hydrogens is 403 g/mol. The average molecular weight is 419 g/mol. The fourth-order valence-corrected chi connectivity index (χ4v) is 3.49. The summed E-state index contributed by atoms with van der Waals surface area (Å²) in [5.74, 6) is -0.250. The molecule has 1 atom stereocenters. The Labute approximate surface area is 168 Å². The highest BCUT2D eigenvalue weighted by atomic mass is 32.2. The summed E-state index contributed by atoms with van der Waals surface area (Å²) >= 11 is 0.991. The van der Waals surface area contributed by atoms with Crippen molar-refractivity contribution in [3.8, 4) is 0 Å². The van der Waals surface area contributed by atoms with Gasteiger partial charge in [-0.15, -0.1) is 0 Å². The number of nitrogens with zero attached hydrogens (tertiary/aromatic N) is 2. The third kappa shape index (κ3) is 5.38. The number of hydrogen-bond donors (Lipinski definition) is 3. The third-order valence-electron chi connectivity index (χ3n) is 3.77. The summed E-state index contributed by atoms with van der Waals surface area (Å²) in [5.41, 5.74) is 11.1. The number of nitrogens with one attached hydrogen (secondary N) is 1. The second-order valence-corrected chi connectivity index (χ2v) is 7.05. The number of alkyl halides is 3. The molecule has 2 aromatic carbocycles. The van der Waals surface area contributed by atoms with E-state index in [1.54, 1.807) is 30.3 Å². The third-order valence-corrected chi connectivity index (χ3v) is 4.88. The molecule has 0 saturated carbocycles.